The fourth-order valence-corrected chi connectivity index (χ4v) is 4.07. The van der Waals surface area contributed by atoms with Gasteiger partial charge in [0.2, 0.25) is 5.88 Å². The number of hydrogen-bond donors (Lipinski definition) is 1. The monoisotopic (exact) mass is 415 g/mol. The number of carbonyl (C=O) groups is 1. The summed E-state index contributed by atoms with van der Waals surface area (Å²) in [5, 5.41) is 11.6. The van der Waals surface area contributed by atoms with Crippen molar-refractivity contribution in [3.63, 3.8) is 0 Å². The number of aromatic nitrogens is 4. The van der Waals surface area contributed by atoms with Crippen molar-refractivity contribution >= 4 is 29.3 Å². The molecular weight excluding hydrogens is 398 g/mol. The number of pyridine rings is 1. The Morgan fingerprint density at radius 3 is 2.96 bits per heavy atom. The van der Waals surface area contributed by atoms with Gasteiger partial charge in [0.25, 0.3) is 5.91 Å². The van der Waals surface area contributed by atoms with Crippen LogP contribution in [-0.4, -0.2) is 43.3 Å². The van der Waals surface area contributed by atoms with Crippen LogP contribution < -0.4 is 10.1 Å². The second-order valence-corrected chi connectivity index (χ2v) is 7.85. The third kappa shape index (κ3) is 4.45. The summed E-state index contributed by atoms with van der Waals surface area (Å²) in [6, 6.07) is 10.6. The normalized spacial score (nSPS) is 16.1. The van der Waals surface area contributed by atoms with Crippen molar-refractivity contribution in [1.29, 1.82) is 0 Å². The van der Waals surface area contributed by atoms with Gasteiger partial charge < -0.3 is 10.1 Å². The Bertz CT molecular complexity index is 957. The number of rotatable bonds is 6. The number of nitrogens with one attached hydrogen (secondary N) is 1. The van der Waals surface area contributed by atoms with Crippen LogP contribution in [0.25, 0.3) is 5.69 Å². The lowest BCUT2D eigenvalue weighted by Crippen LogP contribution is -2.25. The van der Waals surface area contributed by atoms with Crippen molar-refractivity contribution in [1.82, 2.24) is 25.1 Å². The third-order valence-corrected chi connectivity index (χ3v) is 5.69. The van der Waals surface area contributed by atoms with Gasteiger partial charge in [-0.1, -0.05) is 11.6 Å². The maximum atomic E-state index is 12.5. The van der Waals surface area contributed by atoms with E-state index in [1.165, 1.54) is 0 Å². The van der Waals surface area contributed by atoms with Gasteiger partial charge >= 0.3 is 0 Å². The third-order valence-electron chi connectivity index (χ3n) is 4.30. The molecule has 1 N–H and O–H groups in total. The summed E-state index contributed by atoms with van der Waals surface area (Å²) in [4.78, 5) is 16.8. The van der Waals surface area contributed by atoms with Crippen LogP contribution >= 0.6 is 23.4 Å². The molecule has 3 heterocycles. The van der Waals surface area contributed by atoms with Gasteiger partial charge in [0, 0.05) is 34.3 Å². The molecule has 0 spiro atoms. The van der Waals surface area contributed by atoms with Crippen molar-refractivity contribution in [3.8, 4) is 11.6 Å². The molecule has 1 atom stereocenters. The van der Waals surface area contributed by atoms with Crippen molar-refractivity contribution in [2.45, 2.75) is 19.1 Å². The number of ether oxygens (including phenoxy) is 1. The number of thioether (sulfide) groups is 1. The highest BCUT2D eigenvalue weighted by atomic mass is 35.5. The molecular formula is C19H18ClN5O2S. The smallest absolute Gasteiger partial charge is 0.251 e. The van der Waals surface area contributed by atoms with Crippen LogP contribution in [0, 0.1) is 0 Å². The zero-order chi connectivity index (χ0) is 19.3. The lowest BCUT2D eigenvalue weighted by molar-refractivity contribution is 0.0948. The zero-order valence-corrected chi connectivity index (χ0v) is 16.5. The average molecular weight is 416 g/mol. The molecule has 4 rings (SSSR count). The first-order chi connectivity index (χ1) is 13.7. The molecule has 9 heteroatoms. The highest BCUT2D eigenvalue weighted by Gasteiger charge is 2.18. The average Bonchev–Trinajstić information content (AvgIpc) is 3.39. The number of halogens is 1. The number of carbonyl (C=O) groups excluding carboxylic acids is 1. The molecule has 28 heavy (non-hydrogen) atoms. The Labute approximate surface area is 171 Å². The molecule has 1 unspecified atom stereocenters. The summed E-state index contributed by atoms with van der Waals surface area (Å²) < 4.78 is 7.65. The maximum Gasteiger partial charge on any atom is 0.251 e. The molecule has 1 amide bonds. The molecule has 144 valence electrons. The quantitative estimate of drug-likeness (QED) is 0.666. The molecule has 1 aliphatic heterocycles. The summed E-state index contributed by atoms with van der Waals surface area (Å²) in [6.45, 7) is 0.235. The van der Waals surface area contributed by atoms with E-state index in [0.29, 0.717) is 22.3 Å². The topological polar surface area (TPSA) is 81.9 Å². The van der Waals surface area contributed by atoms with Gasteiger partial charge in [0.15, 0.2) is 5.82 Å². The molecule has 0 aliphatic carbocycles. The van der Waals surface area contributed by atoms with Crippen molar-refractivity contribution in [2.24, 2.45) is 0 Å². The van der Waals surface area contributed by atoms with Gasteiger partial charge in [-0.25, -0.2) is 4.98 Å². The second-order valence-electron chi connectivity index (χ2n) is 6.26. The fraction of sp³-hybridized carbons (Fsp3) is 0.263. The Morgan fingerprint density at radius 1 is 1.32 bits per heavy atom. The van der Waals surface area contributed by atoms with Gasteiger partial charge in [-0.2, -0.15) is 11.8 Å². The molecule has 1 aromatic carbocycles. The highest BCUT2D eigenvalue weighted by Crippen LogP contribution is 2.22. The Hall–Kier alpha value is -2.58. The predicted octanol–water partition coefficient (Wildman–Crippen LogP) is 3.13. The molecule has 3 aromatic rings. The standard InChI is InChI=1S/C19H18ClN5O2S/c20-14-1-3-15(4-2-14)25-12-23-24-17(25)10-22-19(26)13-5-7-21-18(9-13)27-16-6-8-28-11-16/h1-5,7,9,12,16H,6,8,10-11H2,(H,22,26). The molecule has 2 aromatic heterocycles. The van der Waals surface area contributed by atoms with Crippen LogP contribution in [-0.2, 0) is 6.54 Å². The van der Waals surface area contributed by atoms with E-state index in [4.69, 9.17) is 16.3 Å². The van der Waals surface area contributed by atoms with Crippen LogP contribution in [0.1, 0.15) is 22.6 Å². The van der Waals surface area contributed by atoms with Crippen LogP contribution in [0.15, 0.2) is 48.9 Å². The molecule has 0 radical (unpaired) electrons. The van der Waals surface area contributed by atoms with Crippen LogP contribution in [0.4, 0.5) is 0 Å². The minimum Gasteiger partial charge on any atom is -0.473 e. The molecule has 0 saturated carbocycles. The summed E-state index contributed by atoms with van der Waals surface area (Å²) in [5.41, 5.74) is 1.36. The highest BCUT2D eigenvalue weighted by molar-refractivity contribution is 7.99. The van der Waals surface area contributed by atoms with Crippen LogP contribution in [0.3, 0.4) is 0 Å². The zero-order valence-electron chi connectivity index (χ0n) is 14.9. The number of nitrogens with zero attached hydrogens (tertiary/aromatic N) is 4. The Balaban J connectivity index is 1.41. The van der Waals surface area contributed by atoms with E-state index < -0.39 is 0 Å². The summed E-state index contributed by atoms with van der Waals surface area (Å²) in [6.07, 6.45) is 4.35. The lowest BCUT2D eigenvalue weighted by atomic mass is 10.2. The van der Waals surface area contributed by atoms with Crippen molar-refractivity contribution in [2.75, 3.05) is 11.5 Å². The number of amides is 1. The summed E-state index contributed by atoms with van der Waals surface area (Å²) in [5.74, 6) is 2.92. The van der Waals surface area contributed by atoms with E-state index in [9.17, 15) is 4.79 Å². The summed E-state index contributed by atoms with van der Waals surface area (Å²) in [7, 11) is 0. The largest absolute Gasteiger partial charge is 0.473 e. The fourth-order valence-electron chi connectivity index (χ4n) is 2.85. The van der Waals surface area contributed by atoms with E-state index in [1.807, 2.05) is 23.9 Å². The Morgan fingerprint density at radius 2 is 2.18 bits per heavy atom. The number of benzene rings is 1. The molecule has 7 nitrogen and oxygen atoms in total. The van der Waals surface area contributed by atoms with E-state index >= 15 is 0 Å². The predicted molar refractivity (Wildman–Crippen MR) is 108 cm³/mol. The van der Waals surface area contributed by atoms with Crippen molar-refractivity contribution < 1.29 is 9.53 Å². The first-order valence-corrected chi connectivity index (χ1v) is 10.4. The van der Waals surface area contributed by atoms with Crippen molar-refractivity contribution in [3.05, 3.63) is 65.3 Å². The van der Waals surface area contributed by atoms with E-state index in [2.05, 4.69) is 20.5 Å². The summed E-state index contributed by atoms with van der Waals surface area (Å²) >= 11 is 7.80. The molecule has 0 bridgehead atoms. The van der Waals surface area contributed by atoms with Gasteiger partial charge in [0.1, 0.15) is 12.4 Å². The van der Waals surface area contributed by atoms with Gasteiger partial charge in [-0.3, -0.25) is 9.36 Å². The molecule has 1 aliphatic rings. The molecule has 1 saturated heterocycles. The lowest BCUT2D eigenvalue weighted by Gasteiger charge is -2.12. The van der Waals surface area contributed by atoms with E-state index in [1.54, 1.807) is 41.4 Å². The SMILES string of the molecule is O=C(NCc1nncn1-c1ccc(Cl)cc1)c1ccnc(OC2CCSC2)c1. The van der Waals surface area contributed by atoms with Crippen LogP contribution in [0.2, 0.25) is 5.02 Å². The number of hydrogen-bond acceptors (Lipinski definition) is 6. The first kappa shape index (κ1) is 18.8. The van der Waals surface area contributed by atoms with Crippen LogP contribution in [0.5, 0.6) is 5.88 Å². The van der Waals surface area contributed by atoms with E-state index in [-0.39, 0.29) is 18.6 Å². The van der Waals surface area contributed by atoms with Gasteiger partial charge in [0.05, 0.1) is 6.54 Å². The first-order valence-electron chi connectivity index (χ1n) is 8.82. The molecule has 1 fully saturated rings. The van der Waals surface area contributed by atoms with Gasteiger partial charge in [-0.15, -0.1) is 10.2 Å². The maximum absolute atomic E-state index is 12.5. The minimum absolute atomic E-state index is 0.161. The van der Waals surface area contributed by atoms with Gasteiger partial charge in [-0.05, 0) is 42.5 Å². The minimum atomic E-state index is -0.223. The Kier molecular flexibility index (Phi) is 5.78. The second kappa shape index (κ2) is 8.62. The van der Waals surface area contributed by atoms with E-state index in [0.717, 1.165) is 23.6 Å².